The molecule has 0 saturated heterocycles. The van der Waals surface area contributed by atoms with Gasteiger partial charge >= 0.3 is 5.63 Å². The monoisotopic (exact) mass is 169 g/mol. The lowest BCUT2D eigenvalue weighted by Gasteiger charge is -2.06. The molecule has 4 nitrogen and oxygen atoms in total. The maximum Gasteiger partial charge on any atom is 0.342 e. The van der Waals surface area contributed by atoms with Crippen molar-refractivity contribution in [3.63, 3.8) is 0 Å². The Kier molecular flexibility index (Phi) is 2.19. The van der Waals surface area contributed by atoms with E-state index in [0.29, 0.717) is 17.1 Å². The Bertz CT molecular complexity index is 354. The molecule has 0 spiro atoms. The van der Waals surface area contributed by atoms with Crippen molar-refractivity contribution in [2.75, 3.05) is 0 Å². The minimum absolute atomic E-state index is 0.403. The van der Waals surface area contributed by atoms with E-state index in [1.807, 2.05) is 0 Å². The van der Waals surface area contributed by atoms with E-state index in [9.17, 15) is 4.79 Å². The Morgan fingerprint density at radius 3 is 2.33 bits per heavy atom. The molecule has 0 aliphatic heterocycles. The molecule has 0 amide bonds. The maximum absolute atomic E-state index is 11.1. The van der Waals surface area contributed by atoms with Gasteiger partial charge in [0.25, 0.3) is 0 Å². The fourth-order valence-corrected chi connectivity index (χ4v) is 1.00. The normalized spacial score (nSPS) is 10.0. The van der Waals surface area contributed by atoms with Gasteiger partial charge in [0.05, 0.1) is 5.56 Å². The Morgan fingerprint density at radius 1 is 1.25 bits per heavy atom. The molecule has 12 heavy (non-hydrogen) atoms. The van der Waals surface area contributed by atoms with Crippen LogP contribution >= 0.6 is 0 Å². The molecule has 0 unspecified atom stereocenters. The lowest BCUT2D eigenvalue weighted by molar-refractivity contribution is 0.319. The van der Waals surface area contributed by atoms with Gasteiger partial charge in [-0.15, -0.1) is 0 Å². The highest BCUT2D eigenvalue weighted by Gasteiger charge is 2.11. The molecule has 1 aromatic rings. The molecular weight excluding hydrogens is 158 g/mol. The number of hydrogen-bond donors (Lipinski definition) is 1. The summed E-state index contributed by atoms with van der Waals surface area (Å²) in [5.41, 5.74) is 0.758. The van der Waals surface area contributed by atoms with E-state index in [1.54, 1.807) is 20.8 Å². The molecule has 1 heterocycles. The molecular formula is C8H11NO3. The summed E-state index contributed by atoms with van der Waals surface area (Å²) >= 11 is 0. The van der Waals surface area contributed by atoms with Gasteiger partial charge in [-0.2, -0.15) is 5.90 Å². The third kappa shape index (κ3) is 1.21. The average molecular weight is 169 g/mol. The first kappa shape index (κ1) is 8.80. The second-order valence-corrected chi connectivity index (χ2v) is 2.64. The van der Waals surface area contributed by atoms with E-state index in [1.165, 1.54) is 0 Å². The van der Waals surface area contributed by atoms with Crippen LogP contribution in [0.25, 0.3) is 0 Å². The van der Waals surface area contributed by atoms with Crippen molar-refractivity contribution in [2.24, 2.45) is 5.90 Å². The summed E-state index contributed by atoms with van der Waals surface area (Å²) in [7, 11) is 0. The lowest BCUT2D eigenvalue weighted by Crippen LogP contribution is -2.13. The predicted molar refractivity (Wildman–Crippen MR) is 44.0 cm³/mol. The van der Waals surface area contributed by atoms with Gasteiger partial charge in [0, 0.05) is 5.56 Å². The van der Waals surface area contributed by atoms with E-state index in [-0.39, 0.29) is 0 Å². The van der Waals surface area contributed by atoms with Gasteiger partial charge in [0.1, 0.15) is 5.76 Å². The summed E-state index contributed by atoms with van der Waals surface area (Å²) in [5, 5.41) is 0. The van der Waals surface area contributed by atoms with Crippen molar-refractivity contribution in [1.29, 1.82) is 0 Å². The molecule has 0 aromatic carbocycles. The topological polar surface area (TPSA) is 65.5 Å². The molecule has 4 heteroatoms. The standard InChI is InChI=1S/C8H11NO3/c1-4-6(3)11-8(10)5(2)7(4)12-9/h9H2,1-3H3. The van der Waals surface area contributed by atoms with Crippen LogP contribution in [0.1, 0.15) is 16.9 Å². The second kappa shape index (κ2) is 2.98. The van der Waals surface area contributed by atoms with Gasteiger partial charge in [-0.3, -0.25) is 0 Å². The van der Waals surface area contributed by atoms with Crippen LogP contribution in [0.2, 0.25) is 0 Å². The van der Waals surface area contributed by atoms with E-state index in [0.717, 1.165) is 5.56 Å². The molecule has 0 aliphatic carbocycles. The van der Waals surface area contributed by atoms with Crippen LogP contribution in [0.4, 0.5) is 0 Å². The second-order valence-electron chi connectivity index (χ2n) is 2.64. The molecule has 1 aromatic heterocycles. The molecule has 0 bridgehead atoms. The maximum atomic E-state index is 11.1. The van der Waals surface area contributed by atoms with Crippen LogP contribution in [-0.2, 0) is 0 Å². The molecule has 2 N–H and O–H groups in total. The fourth-order valence-electron chi connectivity index (χ4n) is 1.00. The lowest BCUT2D eigenvalue weighted by atomic mass is 10.2. The van der Waals surface area contributed by atoms with Crippen molar-refractivity contribution < 1.29 is 9.25 Å². The predicted octanol–water partition coefficient (Wildman–Crippen LogP) is 0.818. The van der Waals surface area contributed by atoms with Gasteiger partial charge in [-0.05, 0) is 20.8 Å². The van der Waals surface area contributed by atoms with E-state index < -0.39 is 5.63 Å². The Labute approximate surface area is 69.9 Å². The van der Waals surface area contributed by atoms with E-state index in [2.05, 4.69) is 4.84 Å². The number of rotatable bonds is 1. The molecule has 0 aliphatic rings. The van der Waals surface area contributed by atoms with Crippen molar-refractivity contribution in [1.82, 2.24) is 0 Å². The summed E-state index contributed by atoms with van der Waals surface area (Å²) in [6.07, 6.45) is 0. The van der Waals surface area contributed by atoms with Gasteiger partial charge in [-0.25, -0.2) is 4.79 Å². The van der Waals surface area contributed by atoms with Crippen LogP contribution < -0.4 is 16.4 Å². The summed E-state index contributed by atoms with van der Waals surface area (Å²) in [6.45, 7) is 5.09. The smallest absolute Gasteiger partial charge is 0.342 e. The van der Waals surface area contributed by atoms with Gasteiger partial charge in [-0.1, -0.05) is 0 Å². The molecule has 0 radical (unpaired) electrons. The number of aryl methyl sites for hydroxylation is 1. The average Bonchev–Trinajstić information content (AvgIpc) is 2.02. The quantitative estimate of drug-likeness (QED) is 0.632. The highest BCUT2D eigenvalue weighted by Crippen LogP contribution is 2.21. The third-order valence-corrected chi connectivity index (χ3v) is 1.88. The summed E-state index contributed by atoms with van der Waals surface area (Å²) in [6, 6.07) is 0. The van der Waals surface area contributed by atoms with Crippen molar-refractivity contribution >= 4 is 0 Å². The van der Waals surface area contributed by atoms with Crippen LogP contribution in [0.15, 0.2) is 9.21 Å². The minimum atomic E-state index is -0.404. The van der Waals surface area contributed by atoms with E-state index >= 15 is 0 Å². The van der Waals surface area contributed by atoms with E-state index in [4.69, 9.17) is 10.3 Å². The Hall–Kier alpha value is -1.29. The first-order chi connectivity index (χ1) is 5.57. The van der Waals surface area contributed by atoms with Gasteiger partial charge < -0.3 is 9.25 Å². The highest BCUT2D eigenvalue weighted by atomic mass is 16.6. The molecule has 66 valence electrons. The largest absolute Gasteiger partial charge is 0.427 e. The Morgan fingerprint density at radius 2 is 1.83 bits per heavy atom. The first-order valence-corrected chi connectivity index (χ1v) is 3.55. The zero-order valence-electron chi connectivity index (χ0n) is 7.30. The van der Waals surface area contributed by atoms with Crippen LogP contribution in [-0.4, -0.2) is 0 Å². The van der Waals surface area contributed by atoms with Crippen molar-refractivity contribution in [3.8, 4) is 5.75 Å². The third-order valence-electron chi connectivity index (χ3n) is 1.88. The van der Waals surface area contributed by atoms with Crippen LogP contribution in [0.5, 0.6) is 5.75 Å². The summed E-state index contributed by atoms with van der Waals surface area (Å²) in [4.78, 5) is 15.6. The zero-order valence-corrected chi connectivity index (χ0v) is 7.30. The van der Waals surface area contributed by atoms with Gasteiger partial charge in [0.2, 0.25) is 0 Å². The fraction of sp³-hybridized carbons (Fsp3) is 0.375. The number of nitrogens with two attached hydrogens (primary N) is 1. The molecule has 0 fully saturated rings. The summed E-state index contributed by atoms with van der Waals surface area (Å²) < 4.78 is 4.89. The minimum Gasteiger partial charge on any atom is -0.427 e. The first-order valence-electron chi connectivity index (χ1n) is 3.55. The Balaban J connectivity index is 3.53. The van der Waals surface area contributed by atoms with Gasteiger partial charge in [0.15, 0.2) is 5.75 Å². The van der Waals surface area contributed by atoms with Crippen molar-refractivity contribution in [3.05, 3.63) is 27.3 Å². The highest BCUT2D eigenvalue weighted by molar-refractivity contribution is 5.38. The van der Waals surface area contributed by atoms with Crippen molar-refractivity contribution in [2.45, 2.75) is 20.8 Å². The molecule has 0 atom stereocenters. The SMILES string of the molecule is Cc1oc(=O)c(C)c(ON)c1C. The zero-order chi connectivity index (χ0) is 9.30. The number of hydrogen-bond acceptors (Lipinski definition) is 4. The molecule has 0 saturated carbocycles. The van der Waals surface area contributed by atoms with Crippen LogP contribution in [0, 0.1) is 20.8 Å². The van der Waals surface area contributed by atoms with Crippen LogP contribution in [0.3, 0.4) is 0 Å². The summed E-state index contributed by atoms with van der Waals surface area (Å²) in [5.74, 6) is 5.95. The molecule has 1 rings (SSSR count).